The number of halogens is 6. The molecule has 1 saturated carbocycles. The molecule has 0 aromatic carbocycles. The second-order valence-electron chi connectivity index (χ2n) is 7.75. The maximum absolute atomic E-state index is 13.9. The Labute approximate surface area is 208 Å². The maximum Gasteiger partial charge on any atom is 0.490 e. The molecular weight excluding hydrogens is 537 g/mol. The lowest BCUT2D eigenvalue weighted by Gasteiger charge is -2.36. The number of aryl methyl sites for hydroxylation is 1. The Hall–Kier alpha value is -3.11. The maximum atomic E-state index is 13.9. The molecule has 5 N–H and O–H groups in total. The monoisotopic (exact) mass is 555 g/mol. The number of nitrogens with one attached hydrogen (secondary N) is 2. The van der Waals surface area contributed by atoms with Crippen LogP contribution < -0.4 is 16.4 Å². The summed E-state index contributed by atoms with van der Waals surface area (Å²) < 4.78 is 61.0. The van der Waals surface area contributed by atoms with Gasteiger partial charge in [0.05, 0.1) is 23.5 Å². The molecule has 36 heavy (non-hydrogen) atoms. The summed E-state index contributed by atoms with van der Waals surface area (Å²) in [5, 5.41) is 18.5. The van der Waals surface area contributed by atoms with Crippen molar-refractivity contribution < 1.29 is 36.6 Å². The van der Waals surface area contributed by atoms with E-state index in [1.54, 1.807) is 18.6 Å². The molecule has 0 bridgehead atoms. The Balaban J connectivity index is 0.000000454. The predicted octanol–water partition coefficient (Wildman–Crippen LogP) is 3.89. The molecule has 0 aliphatic heterocycles. The van der Waals surface area contributed by atoms with Gasteiger partial charge < -0.3 is 21.5 Å². The van der Waals surface area contributed by atoms with E-state index in [4.69, 9.17) is 27.2 Å². The number of aliphatic carboxylic acids is 1. The van der Waals surface area contributed by atoms with Crippen LogP contribution in [0.25, 0.3) is 10.3 Å². The first kappa shape index (κ1) is 27.5. The highest BCUT2D eigenvalue weighted by atomic mass is 35.5. The quantitative estimate of drug-likeness (QED) is 0.354. The molecular formula is C19H19ClF5N7O3S. The van der Waals surface area contributed by atoms with Gasteiger partial charge in [-0.05, 0) is 12.8 Å². The van der Waals surface area contributed by atoms with Crippen molar-refractivity contribution in [3.05, 3.63) is 28.5 Å². The van der Waals surface area contributed by atoms with Gasteiger partial charge in [0, 0.05) is 31.1 Å². The highest BCUT2D eigenvalue weighted by molar-refractivity contribution is 7.17. The topological polar surface area (TPSA) is 148 Å². The van der Waals surface area contributed by atoms with Gasteiger partial charge in [0.15, 0.2) is 5.15 Å². The summed E-state index contributed by atoms with van der Waals surface area (Å²) in [4.78, 5) is 30.8. The molecule has 4 rings (SSSR count). The van der Waals surface area contributed by atoms with E-state index in [9.17, 15) is 26.7 Å². The van der Waals surface area contributed by atoms with Crippen LogP contribution in [-0.4, -0.2) is 60.9 Å². The van der Waals surface area contributed by atoms with E-state index in [-0.39, 0.29) is 11.6 Å². The summed E-state index contributed by atoms with van der Waals surface area (Å²) in [5.41, 5.74) is 6.78. The molecule has 0 radical (unpaired) electrons. The van der Waals surface area contributed by atoms with E-state index in [0.29, 0.717) is 40.3 Å². The van der Waals surface area contributed by atoms with Crippen LogP contribution in [0.15, 0.2) is 17.8 Å². The number of hydrogen-bond donors (Lipinski definition) is 4. The first-order valence-electron chi connectivity index (χ1n) is 10.1. The number of fused-ring (bicyclic) bond motifs is 1. The molecule has 2 atom stereocenters. The smallest absolute Gasteiger partial charge is 0.475 e. The van der Waals surface area contributed by atoms with Crippen LogP contribution in [0, 0.1) is 0 Å². The van der Waals surface area contributed by atoms with Crippen molar-refractivity contribution in [2.45, 2.75) is 43.4 Å². The lowest BCUT2D eigenvalue weighted by Crippen LogP contribution is -2.55. The van der Waals surface area contributed by atoms with Crippen molar-refractivity contribution >= 4 is 56.7 Å². The van der Waals surface area contributed by atoms with E-state index in [2.05, 4.69) is 25.7 Å². The molecule has 1 fully saturated rings. The van der Waals surface area contributed by atoms with Crippen molar-refractivity contribution in [2.75, 3.05) is 10.6 Å². The number of nitrogens with zero attached hydrogens (tertiary/aromatic N) is 4. The largest absolute Gasteiger partial charge is 0.490 e. The van der Waals surface area contributed by atoms with Gasteiger partial charge in [-0.25, -0.2) is 23.5 Å². The first-order valence-corrected chi connectivity index (χ1v) is 11.4. The van der Waals surface area contributed by atoms with Crippen LogP contribution in [0.3, 0.4) is 0 Å². The fourth-order valence-corrected chi connectivity index (χ4v) is 4.37. The zero-order chi connectivity index (χ0) is 26.8. The van der Waals surface area contributed by atoms with Crippen LogP contribution in [-0.2, 0) is 11.8 Å². The third-order valence-corrected chi connectivity index (χ3v) is 6.24. The average molecular weight is 556 g/mol. The lowest BCUT2D eigenvalue weighted by atomic mass is 9.87. The minimum absolute atomic E-state index is 0.168. The fourth-order valence-electron chi connectivity index (χ4n) is 3.33. The van der Waals surface area contributed by atoms with Gasteiger partial charge in [0.1, 0.15) is 16.2 Å². The van der Waals surface area contributed by atoms with Crippen molar-refractivity contribution in [2.24, 2.45) is 12.8 Å². The number of rotatable bonds is 4. The molecule has 1 aliphatic carbocycles. The average Bonchev–Trinajstić information content (AvgIpc) is 3.33. The number of nitrogens with two attached hydrogens (primary N) is 1. The number of amides is 1. The number of thiophene rings is 1. The minimum Gasteiger partial charge on any atom is -0.475 e. The van der Waals surface area contributed by atoms with E-state index in [1.807, 2.05) is 0 Å². The molecule has 0 saturated heterocycles. The number of carboxylic acids is 1. The summed E-state index contributed by atoms with van der Waals surface area (Å²) in [6.07, 6.45) is -1.39. The van der Waals surface area contributed by atoms with E-state index >= 15 is 0 Å². The Morgan fingerprint density at radius 1 is 1.36 bits per heavy atom. The number of anilines is 2. The molecule has 3 aromatic rings. The number of alkyl halides is 5. The summed E-state index contributed by atoms with van der Waals surface area (Å²) in [5.74, 6) is -5.81. The van der Waals surface area contributed by atoms with Crippen molar-refractivity contribution in [3.8, 4) is 0 Å². The second-order valence-corrected chi connectivity index (χ2v) is 8.97. The van der Waals surface area contributed by atoms with E-state index in [0.717, 1.165) is 0 Å². The van der Waals surface area contributed by atoms with Gasteiger partial charge in [-0.1, -0.05) is 11.6 Å². The highest BCUT2D eigenvalue weighted by Crippen LogP contribution is 2.34. The fraction of sp³-hybridized carbons (Fsp3) is 0.421. The molecule has 10 nitrogen and oxygen atoms in total. The zero-order valence-electron chi connectivity index (χ0n) is 18.3. The predicted molar refractivity (Wildman–Crippen MR) is 121 cm³/mol. The second kappa shape index (κ2) is 10.5. The van der Waals surface area contributed by atoms with Crippen LogP contribution in [0.4, 0.5) is 33.5 Å². The molecule has 0 unspecified atom stereocenters. The molecule has 3 aromatic heterocycles. The number of carboxylic acid groups (broad SMARTS) is 1. The zero-order valence-corrected chi connectivity index (χ0v) is 19.9. The van der Waals surface area contributed by atoms with E-state index < -0.39 is 36.1 Å². The number of carbonyl (C=O) groups is 2. The molecule has 1 amide bonds. The summed E-state index contributed by atoms with van der Waals surface area (Å²) in [6, 6.07) is -1.94. The molecule has 0 spiro atoms. The Morgan fingerprint density at radius 3 is 2.61 bits per heavy atom. The summed E-state index contributed by atoms with van der Waals surface area (Å²) in [7, 11) is 1.68. The highest BCUT2D eigenvalue weighted by Gasteiger charge is 2.44. The molecule has 196 valence electrons. The van der Waals surface area contributed by atoms with Gasteiger partial charge in [-0.15, -0.1) is 11.3 Å². The third kappa shape index (κ3) is 6.36. The SMILES string of the molecule is Cn1cc(NC(=O)c2csc3ncc(N[C@@H]4CCCC(F)(F)[C@@H]4N)nc23)c(Cl)n1.O=C(O)C(F)(F)F. The number of carbonyl (C=O) groups excluding carboxylic acids is 1. The van der Waals surface area contributed by atoms with Crippen molar-refractivity contribution in [1.82, 2.24) is 19.7 Å². The normalized spacial score (nSPS) is 19.3. The molecule has 1 aliphatic rings. The van der Waals surface area contributed by atoms with Gasteiger partial charge in [-0.3, -0.25) is 9.48 Å². The molecule has 3 heterocycles. The van der Waals surface area contributed by atoms with Crippen LogP contribution in [0.2, 0.25) is 5.15 Å². The Morgan fingerprint density at radius 2 is 2.03 bits per heavy atom. The van der Waals surface area contributed by atoms with Crippen molar-refractivity contribution in [3.63, 3.8) is 0 Å². The van der Waals surface area contributed by atoms with Gasteiger partial charge in [0.2, 0.25) is 0 Å². The minimum atomic E-state index is -5.08. The lowest BCUT2D eigenvalue weighted by molar-refractivity contribution is -0.192. The van der Waals surface area contributed by atoms with Gasteiger partial charge >= 0.3 is 12.1 Å². The summed E-state index contributed by atoms with van der Waals surface area (Å²) in [6.45, 7) is 0. The number of hydrogen-bond acceptors (Lipinski definition) is 8. The van der Waals surface area contributed by atoms with Crippen LogP contribution in [0.5, 0.6) is 0 Å². The van der Waals surface area contributed by atoms with Crippen molar-refractivity contribution in [1.29, 1.82) is 0 Å². The third-order valence-electron chi connectivity index (χ3n) is 5.08. The Kier molecular flexibility index (Phi) is 8.00. The van der Waals surface area contributed by atoms with Crippen LogP contribution in [0.1, 0.15) is 29.6 Å². The number of aromatic nitrogens is 4. The Bertz CT molecular complexity index is 1270. The van der Waals surface area contributed by atoms with Gasteiger partial charge in [0.25, 0.3) is 11.8 Å². The van der Waals surface area contributed by atoms with E-state index in [1.165, 1.54) is 22.2 Å². The van der Waals surface area contributed by atoms with Crippen LogP contribution >= 0.6 is 22.9 Å². The van der Waals surface area contributed by atoms with Gasteiger partial charge in [-0.2, -0.15) is 18.3 Å². The first-order chi connectivity index (χ1) is 16.7. The standard InChI is InChI=1S/C17H18ClF2N7OS.C2HF3O2/c1-27-6-10(14(18)26-27)24-15(28)8-7-29-16-12(8)25-11(5-22-16)23-9-3-2-4-17(19,20)13(9)21;3-2(4,5)1(6)7/h5-7,9,13H,2-4,21H2,1H3,(H,23,25)(H,24,28);(H,6,7)/t9-,13-;/m1./s1. The summed E-state index contributed by atoms with van der Waals surface area (Å²) >= 11 is 7.24. The molecule has 17 heteroatoms.